The van der Waals surface area contributed by atoms with Crippen molar-refractivity contribution < 1.29 is 29.0 Å². The molecular weight excluding hydrogens is 372 g/mol. The summed E-state index contributed by atoms with van der Waals surface area (Å²) in [5.41, 5.74) is -1.22. The van der Waals surface area contributed by atoms with Crippen LogP contribution in [0.2, 0.25) is 0 Å². The number of carbonyl (C=O) groups is 3. The van der Waals surface area contributed by atoms with Gasteiger partial charge in [0.25, 0.3) is 0 Å². The molecule has 6 heteroatoms. The number of fused-ring (bicyclic) bond motifs is 3. The van der Waals surface area contributed by atoms with Gasteiger partial charge in [0.15, 0.2) is 12.4 Å². The van der Waals surface area contributed by atoms with E-state index in [-0.39, 0.29) is 41.3 Å². The van der Waals surface area contributed by atoms with E-state index < -0.39 is 22.8 Å². The molecule has 0 radical (unpaired) electrons. The van der Waals surface area contributed by atoms with Crippen molar-refractivity contribution in [2.45, 2.75) is 83.0 Å². The largest absolute Gasteiger partial charge is 0.458 e. The number of epoxide rings is 1. The molecule has 0 unspecified atom stereocenters. The number of esters is 1. The predicted octanol–water partition coefficient (Wildman–Crippen LogP) is 2.51. The van der Waals surface area contributed by atoms with Crippen molar-refractivity contribution in [1.29, 1.82) is 0 Å². The summed E-state index contributed by atoms with van der Waals surface area (Å²) >= 11 is 0. The van der Waals surface area contributed by atoms with E-state index in [4.69, 9.17) is 9.47 Å². The zero-order chi connectivity index (χ0) is 20.8. The molecule has 0 aromatic carbocycles. The smallest absolute Gasteiger partial charge is 0.303 e. The van der Waals surface area contributed by atoms with E-state index in [9.17, 15) is 19.5 Å². The lowest BCUT2D eigenvalue weighted by atomic mass is 9.46. The summed E-state index contributed by atoms with van der Waals surface area (Å²) in [6.07, 6.45) is 6.88. The molecule has 1 aliphatic heterocycles. The van der Waals surface area contributed by atoms with Crippen molar-refractivity contribution in [3.63, 3.8) is 0 Å². The molecule has 158 valence electrons. The SMILES string of the molecule is CC(=O)OCC(=O)[C@]1(O)CC[C@H]2[C@@H]3CCC4=CC(=O)CC[C@]4(C)[C@]34O[C@@H]4C[C@@]21C. The van der Waals surface area contributed by atoms with Crippen LogP contribution in [0, 0.1) is 22.7 Å². The Labute approximate surface area is 171 Å². The molecule has 0 amide bonds. The zero-order valence-electron chi connectivity index (χ0n) is 17.5. The van der Waals surface area contributed by atoms with Gasteiger partial charge in [-0.15, -0.1) is 0 Å². The topological polar surface area (TPSA) is 93.2 Å². The number of hydrogen-bond donors (Lipinski definition) is 1. The fourth-order valence-corrected chi connectivity index (χ4v) is 7.77. The summed E-state index contributed by atoms with van der Waals surface area (Å²) < 4.78 is 11.4. The second kappa shape index (κ2) is 5.79. The third-order valence-electron chi connectivity index (χ3n) is 9.35. The normalized spacial score (nSPS) is 49.9. The molecule has 1 heterocycles. The van der Waals surface area contributed by atoms with Crippen LogP contribution in [0.1, 0.15) is 65.7 Å². The molecule has 29 heavy (non-hydrogen) atoms. The van der Waals surface area contributed by atoms with E-state index >= 15 is 0 Å². The second-order valence-electron chi connectivity index (χ2n) is 10.3. The zero-order valence-corrected chi connectivity index (χ0v) is 17.5. The van der Waals surface area contributed by atoms with Crippen LogP contribution in [0.5, 0.6) is 0 Å². The van der Waals surface area contributed by atoms with Crippen molar-refractivity contribution >= 4 is 17.5 Å². The fraction of sp³-hybridized carbons (Fsp3) is 0.783. The number of rotatable bonds is 3. The average molecular weight is 402 g/mol. The van der Waals surface area contributed by atoms with Crippen LogP contribution in [0.3, 0.4) is 0 Å². The van der Waals surface area contributed by atoms with Gasteiger partial charge in [0.2, 0.25) is 5.78 Å². The molecule has 7 atom stereocenters. The summed E-state index contributed by atoms with van der Waals surface area (Å²) in [5, 5.41) is 11.5. The molecule has 6 nitrogen and oxygen atoms in total. The fourth-order valence-electron chi connectivity index (χ4n) is 7.77. The first-order chi connectivity index (χ1) is 13.6. The van der Waals surface area contributed by atoms with Gasteiger partial charge in [-0.2, -0.15) is 0 Å². The van der Waals surface area contributed by atoms with Gasteiger partial charge in [-0.1, -0.05) is 19.4 Å². The van der Waals surface area contributed by atoms with Crippen molar-refractivity contribution in [1.82, 2.24) is 0 Å². The third kappa shape index (κ3) is 2.22. The van der Waals surface area contributed by atoms with Crippen molar-refractivity contribution in [3.05, 3.63) is 11.6 Å². The van der Waals surface area contributed by atoms with Crippen LogP contribution in [0.15, 0.2) is 11.6 Å². The first-order valence-corrected chi connectivity index (χ1v) is 10.9. The first-order valence-electron chi connectivity index (χ1n) is 10.9. The van der Waals surface area contributed by atoms with Gasteiger partial charge in [-0.25, -0.2) is 0 Å². The minimum absolute atomic E-state index is 0.00167. The summed E-state index contributed by atoms with van der Waals surface area (Å²) in [6.45, 7) is 5.18. The molecule has 1 N–H and O–H groups in total. The highest BCUT2D eigenvalue weighted by Gasteiger charge is 2.81. The number of carbonyl (C=O) groups excluding carboxylic acids is 3. The van der Waals surface area contributed by atoms with Crippen molar-refractivity contribution in [3.8, 4) is 0 Å². The maximum absolute atomic E-state index is 12.9. The van der Waals surface area contributed by atoms with Crippen LogP contribution >= 0.6 is 0 Å². The Kier molecular flexibility index (Phi) is 3.88. The lowest BCUT2D eigenvalue weighted by molar-refractivity contribution is -0.166. The average Bonchev–Trinajstić information content (AvgIpc) is 3.32. The van der Waals surface area contributed by atoms with E-state index in [1.54, 1.807) is 0 Å². The molecule has 5 aliphatic rings. The predicted molar refractivity (Wildman–Crippen MR) is 103 cm³/mol. The van der Waals surface area contributed by atoms with Crippen molar-refractivity contribution in [2.24, 2.45) is 22.7 Å². The molecular formula is C23H30O6. The minimum atomic E-state index is -1.48. The molecule has 0 bridgehead atoms. The highest BCUT2D eigenvalue weighted by atomic mass is 16.6. The lowest BCUT2D eigenvalue weighted by Crippen LogP contribution is -2.62. The molecule has 4 aliphatic carbocycles. The lowest BCUT2D eigenvalue weighted by Gasteiger charge is -2.56. The van der Waals surface area contributed by atoms with Crippen LogP contribution in [-0.4, -0.2) is 46.6 Å². The summed E-state index contributed by atoms with van der Waals surface area (Å²) in [6, 6.07) is 0. The van der Waals surface area contributed by atoms with Crippen LogP contribution < -0.4 is 0 Å². The molecule has 0 aromatic rings. The molecule has 1 spiro atoms. The quantitative estimate of drug-likeness (QED) is 0.576. The minimum Gasteiger partial charge on any atom is -0.458 e. The molecule has 1 saturated heterocycles. The Hall–Kier alpha value is -1.53. The van der Waals surface area contributed by atoms with Gasteiger partial charge in [0.05, 0.1) is 6.10 Å². The van der Waals surface area contributed by atoms with Gasteiger partial charge in [-0.3, -0.25) is 14.4 Å². The van der Waals surface area contributed by atoms with E-state index in [2.05, 4.69) is 6.92 Å². The van der Waals surface area contributed by atoms with Gasteiger partial charge in [0.1, 0.15) is 11.2 Å². The Morgan fingerprint density at radius 3 is 2.69 bits per heavy atom. The highest BCUT2D eigenvalue weighted by molar-refractivity contribution is 5.92. The van der Waals surface area contributed by atoms with Gasteiger partial charge >= 0.3 is 5.97 Å². The van der Waals surface area contributed by atoms with Crippen LogP contribution in [-0.2, 0) is 23.9 Å². The Morgan fingerprint density at radius 2 is 1.97 bits per heavy atom. The molecule has 0 aromatic heterocycles. The van der Waals surface area contributed by atoms with Gasteiger partial charge in [-0.05, 0) is 56.4 Å². The first kappa shape index (κ1) is 19.4. The maximum atomic E-state index is 12.9. The van der Waals surface area contributed by atoms with E-state index in [0.717, 1.165) is 25.7 Å². The number of hydrogen-bond acceptors (Lipinski definition) is 6. The monoisotopic (exact) mass is 402 g/mol. The van der Waals surface area contributed by atoms with Gasteiger partial charge < -0.3 is 14.6 Å². The van der Waals surface area contributed by atoms with Crippen molar-refractivity contribution in [2.75, 3.05) is 6.61 Å². The molecule has 4 fully saturated rings. The molecule has 3 saturated carbocycles. The van der Waals surface area contributed by atoms with E-state index in [1.165, 1.54) is 12.5 Å². The number of ketones is 2. The Bertz CT molecular complexity index is 846. The number of ether oxygens (including phenoxy) is 2. The Morgan fingerprint density at radius 1 is 1.21 bits per heavy atom. The third-order valence-corrected chi connectivity index (χ3v) is 9.35. The highest BCUT2D eigenvalue weighted by Crippen LogP contribution is 2.76. The van der Waals surface area contributed by atoms with E-state index in [0.29, 0.717) is 19.3 Å². The standard InChI is InChI=1S/C23H30O6/c1-13(24)28-12-18(26)22(27)9-7-16-17-5-4-14-10-15(25)6-8-20(14,2)23(17)19(29-23)11-21(16,22)3/h10,16-17,19,27H,4-9,11-12H2,1-3H3/t16-,17-,19+,20-,21-,22+,23-/m0/s1. The molecule has 5 rings (SSSR count). The summed E-state index contributed by atoms with van der Waals surface area (Å²) in [5.74, 6) is -0.227. The van der Waals surface area contributed by atoms with E-state index in [1.807, 2.05) is 13.0 Å². The number of aliphatic hydroxyl groups is 1. The van der Waals surface area contributed by atoms with Gasteiger partial charge in [0, 0.05) is 24.2 Å². The maximum Gasteiger partial charge on any atom is 0.303 e. The second-order valence-corrected chi connectivity index (χ2v) is 10.3. The van der Waals surface area contributed by atoms with Crippen LogP contribution in [0.25, 0.3) is 0 Å². The van der Waals surface area contributed by atoms with Crippen LogP contribution in [0.4, 0.5) is 0 Å². The summed E-state index contributed by atoms with van der Waals surface area (Å²) in [4.78, 5) is 36.1. The number of Topliss-reactive ketones (excluding diaryl/α,β-unsaturated/α-hetero) is 1. The Balaban J connectivity index is 1.48. The summed E-state index contributed by atoms with van der Waals surface area (Å²) in [7, 11) is 0.